The van der Waals surface area contributed by atoms with Crippen molar-refractivity contribution in [3.63, 3.8) is 0 Å². The molecular formula is C13H10BrClN2OS. The van der Waals surface area contributed by atoms with Crippen molar-refractivity contribution in [1.29, 1.82) is 0 Å². The Morgan fingerprint density at radius 2 is 2.05 bits per heavy atom. The first-order valence-corrected chi connectivity index (χ1v) is 7.30. The van der Waals surface area contributed by atoms with Crippen LogP contribution in [0.25, 0.3) is 0 Å². The molecule has 0 radical (unpaired) electrons. The van der Waals surface area contributed by atoms with Crippen LogP contribution in [0.2, 0.25) is 5.02 Å². The molecule has 6 heteroatoms. The molecular weight excluding hydrogens is 348 g/mol. The van der Waals surface area contributed by atoms with E-state index in [0.29, 0.717) is 10.6 Å². The van der Waals surface area contributed by atoms with Gasteiger partial charge in [0.05, 0.1) is 0 Å². The average molecular weight is 358 g/mol. The van der Waals surface area contributed by atoms with E-state index in [0.717, 1.165) is 14.3 Å². The smallest absolute Gasteiger partial charge is 0.171 e. The lowest BCUT2D eigenvalue weighted by Gasteiger charge is -2.08. The third-order valence-corrected chi connectivity index (χ3v) is 4.14. The van der Waals surface area contributed by atoms with Gasteiger partial charge in [-0.25, -0.2) is 0 Å². The van der Waals surface area contributed by atoms with Crippen LogP contribution < -0.4 is 5.73 Å². The number of rotatable bonds is 3. The first-order chi connectivity index (χ1) is 9.10. The molecule has 0 fully saturated rings. The van der Waals surface area contributed by atoms with Gasteiger partial charge >= 0.3 is 0 Å². The van der Waals surface area contributed by atoms with Crippen molar-refractivity contribution in [3.05, 3.63) is 57.5 Å². The van der Waals surface area contributed by atoms with Gasteiger partial charge in [-0.2, -0.15) is 0 Å². The summed E-state index contributed by atoms with van der Waals surface area (Å²) in [5.74, 6) is 0.0417. The Kier molecular flexibility index (Phi) is 4.74. The Bertz CT molecular complexity index is 634. The van der Waals surface area contributed by atoms with Crippen LogP contribution in [0.3, 0.4) is 0 Å². The van der Waals surface area contributed by atoms with Gasteiger partial charge in [-0.15, -0.1) is 0 Å². The number of halogens is 2. The van der Waals surface area contributed by atoms with Crippen LogP contribution in [-0.4, -0.2) is 11.0 Å². The fourth-order valence-electron chi connectivity index (χ4n) is 1.50. The quantitative estimate of drug-likeness (QED) is 0.371. The second-order valence-corrected chi connectivity index (χ2v) is 6.15. The first-order valence-electron chi connectivity index (χ1n) is 5.31. The molecule has 0 amide bonds. The lowest BCUT2D eigenvalue weighted by Crippen LogP contribution is -2.14. The highest BCUT2D eigenvalue weighted by Gasteiger charge is 2.09. The molecule has 0 unspecified atom stereocenters. The highest BCUT2D eigenvalue weighted by molar-refractivity contribution is 9.10. The Morgan fingerprint density at radius 1 is 1.26 bits per heavy atom. The summed E-state index contributed by atoms with van der Waals surface area (Å²) in [6.07, 6.45) is 0. The molecule has 0 saturated carbocycles. The predicted molar refractivity (Wildman–Crippen MR) is 82.2 cm³/mol. The summed E-state index contributed by atoms with van der Waals surface area (Å²) in [6.45, 7) is 0. The van der Waals surface area contributed by atoms with E-state index >= 15 is 0 Å². The van der Waals surface area contributed by atoms with Gasteiger partial charge in [-0.1, -0.05) is 50.5 Å². The predicted octanol–water partition coefficient (Wildman–Crippen LogP) is 4.35. The van der Waals surface area contributed by atoms with Crippen LogP contribution in [0.15, 0.2) is 61.9 Å². The van der Waals surface area contributed by atoms with E-state index in [9.17, 15) is 0 Å². The van der Waals surface area contributed by atoms with Crippen molar-refractivity contribution in [2.24, 2.45) is 10.9 Å². The summed E-state index contributed by atoms with van der Waals surface area (Å²) in [5.41, 5.74) is 6.28. The number of nitrogens with zero attached hydrogens (tertiary/aromatic N) is 1. The Hall–Kier alpha value is -1.17. The molecule has 3 N–H and O–H groups in total. The minimum atomic E-state index is 0.0417. The average Bonchev–Trinajstić information content (AvgIpc) is 2.40. The monoisotopic (exact) mass is 356 g/mol. The number of benzene rings is 2. The molecule has 0 saturated heterocycles. The SMILES string of the molecule is NC(=NO)c1cc(Cl)ccc1Sc1cccc(Br)c1. The zero-order valence-electron chi connectivity index (χ0n) is 9.68. The third kappa shape index (κ3) is 3.65. The Balaban J connectivity index is 2.40. The van der Waals surface area contributed by atoms with Crippen molar-refractivity contribution in [2.45, 2.75) is 9.79 Å². The van der Waals surface area contributed by atoms with Crippen molar-refractivity contribution in [3.8, 4) is 0 Å². The molecule has 2 rings (SSSR count). The third-order valence-electron chi connectivity index (χ3n) is 2.35. The number of amidine groups is 1. The number of hydrogen-bond acceptors (Lipinski definition) is 3. The van der Waals surface area contributed by atoms with Gasteiger partial charge in [0, 0.05) is 24.8 Å². The molecule has 2 aromatic rings. The molecule has 98 valence electrons. The topological polar surface area (TPSA) is 58.6 Å². The highest BCUT2D eigenvalue weighted by Crippen LogP contribution is 2.33. The molecule has 19 heavy (non-hydrogen) atoms. The van der Waals surface area contributed by atoms with Gasteiger partial charge in [0.1, 0.15) is 0 Å². The standard InChI is InChI=1S/C13H10BrClN2OS/c14-8-2-1-3-10(6-8)19-12-5-4-9(15)7-11(12)13(16)17-18/h1-7,18H,(H2,16,17). The summed E-state index contributed by atoms with van der Waals surface area (Å²) >= 11 is 10.9. The van der Waals surface area contributed by atoms with E-state index in [1.165, 1.54) is 11.8 Å². The van der Waals surface area contributed by atoms with Crippen LogP contribution in [0.5, 0.6) is 0 Å². The second-order valence-electron chi connectivity index (χ2n) is 3.69. The van der Waals surface area contributed by atoms with Crippen LogP contribution in [0.4, 0.5) is 0 Å². The van der Waals surface area contributed by atoms with Crippen molar-refractivity contribution in [2.75, 3.05) is 0 Å². The summed E-state index contributed by atoms with van der Waals surface area (Å²) in [7, 11) is 0. The normalized spacial score (nSPS) is 11.6. The van der Waals surface area contributed by atoms with Crippen LogP contribution in [0, 0.1) is 0 Å². The number of nitrogens with two attached hydrogens (primary N) is 1. The zero-order valence-corrected chi connectivity index (χ0v) is 12.8. The van der Waals surface area contributed by atoms with E-state index < -0.39 is 0 Å². The molecule has 0 heterocycles. The molecule has 0 aromatic heterocycles. The molecule has 2 aromatic carbocycles. The molecule has 0 spiro atoms. The van der Waals surface area contributed by atoms with Crippen LogP contribution in [-0.2, 0) is 0 Å². The van der Waals surface area contributed by atoms with Gasteiger partial charge in [0.15, 0.2) is 5.84 Å². The summed E-state index contributed by atoms with van der Waals surface area (Å²) in [6, 6.07) is 13.2. The van der Waals surface area contributed by atoms with Crippen LogP contribution >= 0.6 is 39.3 Å². The van der Waals surface area contributed by atoms with E-state index in [1.54, 1.807) is 12.1 Å². The molecule has 0 aliphatic rings. The van der Waals surface area contributed by atoms with E-state index in [-0.39, 0.29) is 5.84 Å². The van der Waals surface area contributed by atoms with E-state index in [1.807, 2.05) is 30.3 Å². The van der Waals surface area contributed by atoms with E-state index in [2.05, 4.69) is 21.1 Å². The lowest BCUT2D eigenvalue weighted by atomic mass is 10.2. The Morgan fingerprint density at radius 3 is 2.74 bits per heavy atom. The van der Waals surface area contributed by atoms with Gasteiger partial charge in [0.25, 0.3) is 0 Å². The second kappa shape index (κ2) is 6.32. The molecule has 3 nitrogen and oxygen atoms in total. The van der Waals surface area contributed by atoms with Crippen molar-refractivity contribution in [1.82, 2.24) is 0 Å². The van der Waals surface area contributed by atoms with Gasteiger partial charge in [-0.05, 0) is 36.4 Å². The fraction of sp³-hybridized carbons (Fsp3) is 0. The molecule has 0 bridgehead atoms. The summed E-state index contributed by atoms with van der Waals surface area (Å²) < 4.78 is 0.997. The lowest BCUT2D eigenvalue weighted by molar-refractivity contribution is 0.318. The summed E-state index contributed by atoms with van der Waals surface area (Å²) in [4.78, 5) is 1.92. The van der Waals surface area contributed by atoms with Gasteiger partial charge in [0.2, 0.25) is 0 Å². The molecule has 0 aliphatic carbocycles. The Labute approximate surface area is 128 Å². The number of hydrogen-bond donors (Lipinski definition) is 2. The van der Waals surface area contributed by atoms with Crippen LogP contribution in [0.1, 0.15) is 5.56 Å². The zero-order chi connectivity index (χ0) is 13.8. The summed E-state index contributed by atoms with van der Waals surface area (Å²) in [5, 5.41) is 12.4. The largest absolute Gasteiger partial charge is 0.409 e. The maximum atomic E-state index is 8.82. The maximum Gasteiger partial charge on any atom is 0.171 e. The number of oxime groups is 1. The fourth-order valence-corrected chi connectivity index (χ4v) is 3.22. The molecule has 0 aliphatic heterocycles. The maximum absolute atomic E-state index is 8.82. The first kappa shape index (κ1) is 14.2. The highest BCUT2D eigenvalue weighted by atomic mass is 79.9. The van der Waals surface area contributed by atoms with E-state index in [4.69, 9.17) is 22.5 Å². The van der Waals surface area contributed by atoms with Crippen molar-refractivity contribution >= 4 is 45.1 Å². The van der Waals surface area contributed by atoms with Crippen molar-refractivity contribution < 1.29 is 5.21 Å². The minimum absolute atomic E-state index is 0.0417. The van der Waals surface area contributed by atoms with Gasteiger partial charge in [-0.3, -0.25) is 0 Å². The van der Waals surface area contributed by atoms with Gasteiger partial charge < -0.3 is 10.9 Å². The minimum Gasteiger partial charge on any atom is -0.409 e. The molecule has 0 atom stereocenters.